The molecule has 0 bridgehead atoms. The summed E-state index contributed by atoms with van der Waals surface area (Å²) < 4.78 is 5.48. The number of amides is 1. The fourth-order valence-corrected chi connectivity index (χ4v) is 3.67. The van der Waals surface area contributed by atoms with Crippen molar-refractivity contribution in [2.24, 2.45) is 5.92 Å². The monoisotopic (exact) mass is 425 g/mol. The van der Waals surface area contributed by atoms with E-state index in [2.05, 4.69) is 15.3 Å². The van der Waals surface area contributed by atoms with E-state index in [1.165, 1.54) is 6.08 Å². The summed E-state index contributed by atoms with van der Waals surface area (Å²) in [4.78, 5) is 22.7. The molecule has 1 aromatic carbocycles. The van der Waals surface area contributed by atoms with Gasteiger partial charge in [0.25, 0.3) is 0 Å². The zero-order valence-corrected chi connectivity index (χ0v) is 19.5. The summed E-state index contributed by atoms with van der Waals surface area (Å²) in [5.41, 5.74) is 3.83. The molecule has 1 aliphatic rings. The predicted octanol–water partition coefficient (Wildman–Crippen LogP) is 1.60. The number of fused-ring (bicyclic) bond motifs is 1. The third kappa shape index (κ3) is 6.98. The van der Waals surface area contributed by atoms with Crippen LogP contribution in [0.3, 0.4) is 0 Å². The zero-order valence-electron chi connectivity index (χ0n) is 19.5. The second-order valence-electron chi connectivity index (χ2n) is 8.70. The molecule has 1 fully saturated rings. The molecule has 2 heterocycles. The van der Waals surface area contributed by atoms with Crippen molar-refractivity contribution in [3.05, 3.63) is 72.7 Å². The van der Waals surface area contributed by atoms with Crippen molar-refractivity contribution < 1.29 is 28.4 Å². The molecule has 1 aliphatic heterocycles. The first-order valence-corrected chi connectivity index (χ1v) is 10.6. The van der Waals surface area contributed by atoms with Crippen molar-refractivity contribution in [1.82, 2.24) is 20.2 Å². The Morgan fingerprint density at radius 3 is 2.50 bits per heavy atom. The Kier molecular flexibility index (Phi) is 9.12. The van der Waals surface area contributed by atoms with Gasteiger partial charge in [0.1, 0.15) is 5.60 Å². The molecule has 1 amide bonds. The third-order valence-corrected chi connectivity index (χ3v) is 5.19. The number of carbonyl (C=O) groups is 1. The maximum Gasteiger partial charge on any atom is 1.00 e. The van der Waals surface area contributed by atoms with Gasteiger partial charge in [-0.15, -0.1) is 0 Å². The maximum atomic E-state index is 12.3. The molecular formula is C25H30LiN4O2-. The Labute approximate surface area is 203 Å². The van der Waals surface area contributed by atoms with Crippen LogP contribution in [-0.2, 0) is 11.3 Å². The van der Waals surface area contributed by atoms with Crippen LogP contribution < -0.4 is 24.2 Å². The summed E-state index contributed by atoms with van der Waals surface area (Å²) in [6, 6.07) is 5.96. The van der Waals surface area contributed by atoms with E-state index >= 15 is 0 Å². The Balaban J connectivity index is 0.00000363. The molecule has 6 nitrogen and oxygen atoms in total. The average Bonchev–Trinajstić information content (AvgIpc) is 2.74. The van der Waals surface area contributed by atoms with E-state index < -0.39 is 5.60 Å². The van der Waals surface area contributed by atoms with E-state index in [-0.39, 0.29) is 30.9 Å². The minimum absolute atomic E-state index is 0. The minimum atomic E-state index is -0.496. The van der Waals surface area contributed by atoms with Crippen molar-refractivity contribution in [2.75, 3.05) is 13.1 Å². The van der Waals surface area contributed by atoms with Crippen LogP contribution in [0.4, 0.5) is 4.79 Å². The van der Waals surface area contributed by atoms with Crippen LogP contribution in [0.5, 0.6) is 0 Å². The Morgan fingerprint density at radius 1 is 1.22 bits per heavy atom. The zero-order chi connectivity index (χ0) is 22.4. The van der Waals surface area contributed by atoms with Crippen molar-refractivity contribution in [3.63, 3.8) is 0 Å². The van der Waals surface area contributed by atoms with Crippen molar-refractivity contribution in [1.29, 1.82) is 0 Å². The van der Waals surface area contributed by atoms with E-state index in [1.54, 1.807) is 17.3 Å². The van der Waals surface area contributed by atoms with Crippen LogP contribution in [0.15, 0.2) is 54.0 Å². The number of aromatic nitrogens is 2. The normalized spacial score (nSPS) is 15.1. The van der Waals surface area contributed by atoms with Gasteiger partial charge in [0, 0.05) is 32.0 Å². The molecule has 3 rings (SSSR count). The predicted molar refractivity (Wildman–Crippen MR) is 122 cm³/mol. The molecule has 0 radical (unpaired) electrons. The van der Waals surface area contributed by atoms with Gasteiger partial charge in [-0.05, 0) is 51.3 Å². The minimum Gasteiger partial charge on any atom is -0.444 e. The number of hydrogen-bond acceptors (Lipinski definition) is 5. The number of benzene rings is 1. The van der Waals surface area contributed by atoms with Gasteiger partial charge in [0.15, 0.2) is 0 Å². The van der Waals surface area contributed by atoms with Crippen molar-refractivity contribution in [2.45, 2.75) is 45.8 Å². The molecule has 32 heavy (non-hydrogen) atoms. The summed E-state index contributed by atoms with van der Waals surface area (Å²) in [5, 5.41) is 3.31. The molecule has 0 atom stereocenters. The SMILES string of the molecule is [CH-]=C/C=C(\C(=[CH-])NCc1ccc2nccnc2c1)C1CCN(C(=O)OC(C)(C)C)CC1.[Li+]. The molecule has 7 heteroatoms. The number of nitrogens with zero attached hydrogens (tertiary/aromatic N) is 3. The van der Waals surface area contributed by atoms with E-state index in [0.717, 1.165) is 35.0 Å². The fraction of sp³-hybridized carbons (Fsp3) is 0.400. The molecule has 1 saturated heterocycles. The largest absolute Gasteiger partial charge is 1.00 e. The molecular weight excluding hydrogens is 395 g/mol. The molecule has 0 unspecified atom stereocenters. The van der Waals surface area contributed by atoms with Gasteiger partial charge in [-0.1, -0.05) is 12.0 Å². The first-order chi connectivity index (χ1) is 14.8. The van der Waals surface area contributed by atoms with Crippen LogP contribution in [-0.4, -0.2) is 39.7 Å². The maximum absolute atomic E-state index is 12.3. The van der Waals surface area contributed by atoms with E-state index in [1.807, 2.05) is 45.0 Å². The first-order valence-electron chi connectivity index (χ1n) is 10.6. The van der Waals surface area contributed by atoms with Crippen LogP contribution in [0, 0.1) is 19.1 Å². The third-order valence-electron chi connectivity index (χ3n) is 5.19. The van der Waals surface area contributed by atoms with Crippen LogP contribution >= 0.6 is 0 Å². The molecule has 2 aromatic rings. The van der Waals surface area contributed by atoms with Gasteiger partial charge >= 0.3 is 25.0 Å². The van der Waals surface area contributed by atoms with E-state index in [9.17, 15) is 4.79 Å². The van der Waals surface area contributed by atoms with Crippen molar-refractivity contribution in [3.8, 4) is 0 Å². The van der Waals surface area contributed by atoms with Gasteiger partial charge in [-0.3, -0.25) is 40.9 Å². The molecule has 164 valence electrons. The van der Waals surface area contributed by atoms with Gasteiger partial charge < -0.3 is 15.0 Å². The number of carbonyl (C=O) groups excluding carboxylic acids is 1. The second kappa shape index (κ2) is 11.4. The topological polar surface area (TPSA) is 67.4 Å². The molecule has 1 N–H and O–H groups in total. The number of ether oxygens (including phenoxy) is 1. The standard InChI is InChI=1S/C25H30N4O2.Li/c1-6-7-21(20-10-14-29(15-11-20)24(30)31-25(3,4)5)18(2)28-17-19-8-9-22-23(16-19)27-13-12-26-22;/h1-2,6-9,12-13,16,20,28H,10-11,14-15,17H2,3-5H3;/q-2;+1/b21-7+;. The average molecular weight is 425 g/mol. The summed E-state index contributed by atoms with van der Waals surface area (Å²) in [6.45, 7) is 19.5. The number of nitrogens with one attached hydrogen (secondary N) is 1. The summed E-state index contributed by atoms with van der Waals surface area (Å²) in [7, 11) is 0. The smallest absolute Gasteiger partial charge is 0.444 e. The van der Waals surface area contributed by atoms with Crippen LogP contribution in [0.1, 0.15) is 39.2 Å². The summed E-state index contributed by atoms with van der Waals surface area (Å²) in [6.07, 6.45) is 8.05. The quantitative estimate of drug-likeness (QED) is 0.433. The molecule has 0 saturated carbocycles. The second-order valence-corrected chi connectivity index (χ2v) is 8.70. The number of likely N-dealkylation sites (tertiary alicyclic amines) is 1. The van der Waals surface area contributed by atoms with E-state index in [0.29, 0.717) is 25.3 Å². The number of rotatable bonds is 6. The van der Waals surface area contributed by atoms with Gasteiger partial charge in [0.05, 0.1) is 11.0 Å². The Hall–Kier alpha value is -2.55. The van der Waals surface area contributed by atoms with Crippen LogP contribution in [0.2, 0.25) is 0 Å². The summed E-state index contributed by atoms with van der Waals surface area (Å²) in [5.74, 6) is 0.216. The molecule has 0 aliphatic carbocycles. The Morgan fingerprint density at radius 2 is 1.88 bits per heavy atom. The van der Waals surface area contributed by atoms with Gasteiger partial charge in [-0.25, -0.2) is 4.79 Å². The fourth-order valence-electron chi connectivity index (χ4n) is 3.67. The van der Waals surface area contributed by atoms with Crippen molar-refractivity contribution >= 4 is 17.1 Å². The molecule has 0 spiro atoms. The summed E-state index contributed by atoms with van der Waals surface area (Å²) >= 11 is 0. The molecule has 1 aromatic heterocycles. The Bertz CT molecular complexity index is 989. The number of allylic oxidation sites excluding steroid dienone is 3. The first kappa shape index (κ1) is 25.7. The number of hydrogen-bond donors (Lipinski definition) is 1. The van der Waals surface area contributed by atoms with Crippen LogP contribution in [0.25, 0.3) is 11.0 Å². The number of piperidine rings is 1. The van der Waals surface area contributed by atoms with Gasteiger partial charge in [0.2, 0.25) is 0 Å². The van der Waals surface area contributed by atoms with E-state index in [4.69, 9.17) is 17.9 Å². The van der Waals surface area contributed by atoms with Gasteiger partial charge in [-0.2, -0.15) is 5.70 Å².